The molecule has 1 saturated heterocycles. The Morgan fingerprint density at radius 3 is 3.00 bits per heavy atom. The van der Waals surface area contributed by atoms with E-state index in [1.165, 1.54) is 12.8 Å². The van der Waals surface area contributed by atoms with Gasteiger partial charge in [0.1, 0.15) is 5.82 Å². The molecule has 2 rings (SSSR count). The molecule has 0 bridgehead atoms. The summed E-state index contributed by atoms with van der Waals surface area (Å²) in [5, 5.41) is 7.83. The Morgan fingerprint density at radius 2 is 2.43 bits per heavy atom. The molecule has 0 aliphatic carbocycles. The summed E-state index contributed by atoms with van der Waals surface area (Å²) >= 11 is 0. The third-order valence-electron chi connectivity index (χ3n) is 2.80. The second-order valence-electron chi connectivity index (χ2n) is 3.92. The highest BCUT2D eigenvalue weighted by Crippen LogP contribution is 2.10. The minimum Gasteiger partial charge on any atom is -0.314 e. The van der Waals surface area contributed by atoms with Crippen LogP contribution in [0.4, 0.5) is 0 Å². The maximum absolute atomic E-state index is 4.50. The van der Waals surface area contributed by atoms with Crippen LogP contribution in [0, 0.1) is 0 Å². The minimum atomic E-state index is 0.614. The van der Waals surface area contributed by atoms with E-state index in [9.17, 15) is 0 Å². The smallest absolute Gasteiger partial charge is 0.150 e. The zero-order valence-electron chi connectivity index (χ0n) is 8.95. The fourth-order valence-electron chi connectivity index (χ4n) is 1.95. The van der Waals surface area contributed by atoms with Gasteiger partial charge in [-0.2, -0.15) is 5.10 Å². The molecule has 0 amide bonds. The van der Waals surface area contributed by atoms with Crippen molar-refractivity contribution in [1.82, 2.24) is 20.1 Å². The lowest BCUT2D eigenvalue weighted by Gasteiger charge is -2.07. The summed E-state index contributed by atoms with van der Waals surface area (Å²) in [6, 6.07) is 0.614. The summed E-state index contributed by atoms with van der Waals surface area (Å²) < 4.78 is 1.92. The van der Waals surface area contributed by atoms with E-state index in [4.69, 9.17) is 0 Å². The number of aromatic nitrogens is 3. The molecule has 78 valence electrons. The van der Waals surface area contributed by atoms with E-state index < -0.39 is 0 Å². The van der Waals surface area contributed by atoms with Crippen molar-refractivity contribution in [1.29, 1.82) is 0 Å². The number of rotatable bonds is 3. The number of hydrogen-bond donors (Lipinski definition) is 1. The van der Waals surface area contributed by atoms with Gasteiger partial charge in [-0.3, -0.25) is 4.68 Å². The fraction of sp³-hybridized carbons (Fsp3) is 0.800. The Kier molecular flexibility index (Phi) is 2.82. The molecule has 1 N–H and O–H groups in total. The zero-order chi connectivity index (χ0) is 9.97. The molecular formula is C10H18N4. The second-order valence-corrected chi connectivity index (χ2v) is 3.92. The standard InChI is InChI=1S/C10H18N4/c1-3-9-12-10(14(2)13-9)7-8-5-4-6-11-8/h8,11H,3-7H2,1-2H3. The Labute approximate surface area is 84.7 Å². The molecule has 14 heavy (non-hydrogen) atoms. The van der Waals surface area contributed by atoms with Crippen molar-refractivity contribution < 1.29 is 0 Å². The summed E-state index contributed by atoms with van der Waals surface area (Å²) in [5.74, 6) is 2.07. The molecule has 1 aliphatic heterocycles. The van der Waals surface area contributed by atoms with Gasteiger partial charge < -0.3 is 5.32 Å². The summed E-state index contributed by atoms with van der Waals surface area (Å²) in [4.78, 5) is 4.50. The van der Waals surface area contributed by atoms with Crippen LogP contribution < -0.4 is 5.32 Å². The van der Waals surface area contributed by atoms with Crippen molar-refractivity contribution in [3.63, 3.8) is 0 Å². The SMILES string of the molecule is CCc1nc(CC2CCCN2)n(C)n1. The third kappa shape index (κ3) is 1.95. The molecule has 0 aromatic carbocycles. The Bertz CT molecular complexity index is 299. The molecular weight excluding hydrogens is 176 g/mol. The lowest BCUT2D eigenvalue weighted by Crippen LogP contribution is -2.25. The van der Waals surface area contributed by atoms with Gasteiger partial charge in [0.25, 0.3) is 0 Å². The maximum atomic E-state index is 4.50. The van der Waals surface area contributed by atoms with E-state index in [0.717, 1.165) is 31.0 Å². The topological polar surface area (TPSA) is 42.7 Å². The molecule has 0 saturated carbocycles. The van der Waals surface area contributed by atoms with E-state index >= 15 is 0 Å². The first kappa shape index (κ1) is 9.65. The van der Waals surface area contributed by atoms with Crippen LogP contribution >= 0.6 is 0 Å². The van der Waals surface area contributed by atoms with Crippen LogP contribution in [0.25, 0.3) is 0 Å². The molecule has 4 nitrogen and oxygen atoms in total. The minimum absolute atomic E-state index is 0.614. The van der Waals surface area contributed by atoms with Gasteiger partial charge in [-0.05, 0) is 19.4 Å². The first-order valence-corrected chi connectivity index (χ1v) is 5.41. The van der Waals surface area contributed by atoms with E-state index in [0.29, 0.717) is 6.04 Å². The molecule has 0 radical (unpaired) electrons. The monoisotopic (exact) mass is 194 g/mol. The van der Waals surface area contributed by atoms with Crippen LogP contribution in [0.3, 0.4) is 0 Å². The molecule has 1 unspecified atom stereocenters. The van der Waals surface area contributed by atoms with Crippen LogP contribution in [0.15, 0.2) is 0 Å². The fourth-order valence-corrected chi connectivity index (χ4v) is 1.95. The maximum Gasteiger partial charge on any atom is 0.150 e. The predicted octanol–water partition coefficient (Wildman–Crippen LogP) is 0.672. The number of nitrogens with one attached hydrogen (secondary N) is 1. The van der Waals surface area contributed by atoms with Gasteiger partial charge in [0, 0.05) is 25.9 Å². The van der Waals surface area contributed by atoms with Gasteiger partial charge in [-0.1, -0.05) is 6.92 Å². The third-order valence-corrected chi connectivity index (χ3v) is 2.80. The predicted molar refractivity (Wildman–Crippen MR) is 55.1 cm³/mol. The molecule has 1 aromatic heterocycles. The van der Waals surface area contributed by atoms with Gasteiger partial charge in [0.2, 0.25) is 0 Å². The van der Waals surface area contributed by atoms with E-state index in [2.05, 4.69) is 22.3 Å². The molecule has 1 aromatic rings. The molecule has 2 heterocycles. The molecule has 0 spiro atoms. The van der Waals surface area contributed by atoms with Crippen molar-refractivity contribution in [3.8, 4) is 0 Å². The summed E-state index contributed by atoms with van der Waals surface area (Å²) in [6.45, 7) is 3.25. The van der Waals surface area contributed by atoms with Crippen LogP contribution in [-0.4, -0.2) is 27.4 Å². The van der Waals surface area contributed by atoms with Crippen LogP contribution in [-0.2, 0) is 19.9 Å². The average molecular weight is 194 g/mol. The quantitative estimate of drug-likeness (QED) is 0.769. The largest absolute Gasteiger partial charge is 0.314 e. The average Bonchev–Trinajstić information content (AvgIpc) is 2.78. The summed E-state index contributed by atoms with van der Waals surface area (Å²) in [5.41, 5.74) is 0. The molecule has 1 fully saturated rings. The van der Waals surface area contributed by atoms with Gasteiger partial charge in [-0.15, -0.1) is 0 Å². The molecule has 1 aliphatic rings. The normalized spacial score (nSPS) is 21.7. The lowest BCUT2D eigenvalue weighted by atomic mass is 10.1. The first-order chi connectivity index (χ1) is 6.79. The number of nitrogens with zero attached hydrogens (tertiary/aromatic N) is 3. The number of aryl methyl sites for hydroxylation is 2. The van der Waals surface area contributed by atoms with E-state index in [1.807, 2.05) is 11.7 Å². The first-order valence-electron chi connectivity index (χ1n) is 5.41. The van der Waals surface area contributed by atoms with Crippen molar-refractivity contribution in [2.45, 2.75) is 38.6 Å². The summed E-state index contributed by atoms with van der Waals surface area (Å²) in [7, 11) is 1.98. The van der Waals surface area contributed by atoms with Crippen LogP contribution in [0.1, 0.15) is 31.4 Å². The van der Waals surface area contributed by atoms with Crippen LogP contribution in [0.2, 0.25) is 0 Å². The van der Waals surface area contributed by atoms with Gasteiger partial charge in [0.05, 0.1) is 0 Å². The zero-order valence-corrected chi connectivity index (χ0v) is 8.95. The van der Waals surface area contributed by atoms with Crippen molar-refractivity contribution >= 4 is 0 Å². The Morgan fingerprint density at radius 1 is 1.57 bits per heavy atom. The van der Waals surface area contributed by atoms with Gasteiger partial charge >= 0.3 is 0 Å². The van der Waals surface area contributed by atoms with Crippen LogP contribution in [0.5, 0.6) is 0 Å². The van der Waals surface area contributed by atoms with Crippen molar-refractivity contribution in [2.75, 3.05) is 6.54 Å². The molecule has 4 heteroatoms. The second kappa shape index (κ2) is 4.09. The van der Waals surface area contributed by atoms with Crippen molar-refractivity contribution in [3.05, 3.63) is 11.6 Å². The number of hydrogen-bond acceptors (Lipinski definition) is 3. The highest BCUT2D eigenvalue weighted by molar-refractivity contribution is 4.96. The molecule has 1 atom stereocenters. The summed E-state index contributed by atoms with van der Waals surface area (Å²) in [6.07, 6.45) is 4.51. The van der Waals surface area contributed by atoms with Gasteiger partial charge in [-0.25, -0.2) is 4.98 Å². The van der Waals surface area contributed by atoms with E-state index in [-0.39, 0.29) is 0 Å². The van der Waals surface area contributed by atoms with Crippen molar-refractivity contribution in [2.24, 2.45) is 7.05 Å². The Balaban J connectivity index is 2.03. The van der Waals surface area contributed by atoms with E-state index in [1.54, 1.807) is 0 Å². The highest BCUT2D eigenvalue weighted by Gasteiger charge is 2.17. The van der Waals surface area contributed by atoms with Gasteiger partial charge in [0.15, 0.2) is 5.82 Å². The Hall–Kier alpha value is -0.900. The highest BCUT2D eigenvalue weighted by atomic mass is 15.3. The lowest BCUT2D eigenvalue weighted by molar-refractivity contribution is 0.562.